The van der Waals surface area contributed by atoms with Crippen LogP contribution in [-0.2, 0) is 16.1 Å². The summed E-state index contributed by atoms with van der Waals surface area (Å²) in [4.78, 5) is 16.6. The zero-order valence-corrected chi connectivity index (χ0v) is 16.9. The average molecular weight is 406 g/mol. The van der Waals surface area contributed by atoms with E-state index in [9.17, 15) is 9.18 Å². The van der Waals surface area contributed by atoms with Crippen LogP contribution in [0.5, 0.6) is 0 Å². The van der Waals surface area contributed by atoms with Gasteiger partial charge in [0.2, 0.25) is 5.91 Å². The number of ether oxygens (including phenoxy) is 1. The number of carbonyl (C=O) groups is 1. The third kappa shape index (κ3) is 5.01. The van der Waals surface area contributed by atoms with E-state index < -0.39 is 6.04 Å². The van der Waals surface area contributed by atoms with Crippen molar-refractivity contribution in [3.05, 3.63) is 58.9 Å². The summed E-state index contributed by atoms with van der Waals surface area (Å²) in [6.45, 7) is 5.23. The van der Waals surface area contributed by atoms with Gasteiger partial charge in [0, 0.05) is 41.6 Å². The number of halogens is 2. The first-order valence-corrected chi connectivity index (χ1v) is 9.70. The SMILES string of the molecule is C[C@H](C(=O)Nc1ccc(N2CCOCC2)cc1)N(C)Cc1c(F)cccc1Cl. The van der Waals surface area contributed by atoms with Crippen molar-refractivity contribution >= 4 is 28.9 Å². The Morgan fingerprint density at radius 2 is 1.93 bits per heavy atom. The molecule has 0 aromatic heterocycles. The largest absolute Gasteiger partial charge is 0.378 e. The molecule has 5 nitrogen and oxygen atoms in total. The van der Waals surface area contributed by atoms with Crippen LogP contribution in [0.25, 0.3) is 0 Å². The summed E-state index contributed by atoms with van der Waals surface area (Å²) < 4.78 is 19.4. The molecule has 0 radical (unpaired) electrons. The molecule has 0 bridgehead atoms. The van der Waals surface area contributed by atoms with Crippen LogP contribution >= 0.6 is 11.6 Å². The topological polar surface area (TPSA) is 44.8 Å². The molecule has 0 spiro atoms. The van der Waals surface area contributed by atoms with Crippen molar-refractivity contribution in [1.82, 2.24) is 4.90 Å². The van der Waals surface area contributed by atoms with E-state index in [1.54, 1.807) is 31.0 Å². The van der Waals surface area contributed by atoms with Crippen LogP contribution in [-0.4, -0.2) is 50.2 Å². The van der Waals surface area contributed by atoms with E-state index in [-0.39, 0.29) is 18.3 Å². The van der Waals surface area contributed by atoms with Crippen molar-refractivity contribution in [2.45, 2.75) is 19.5 Å². The summed E-state index contributed by atoms with van der Waals surface area (Å²) in [7, 11) is 1.77. The van der Waals surface area contributed by atoms with Gasteiger partial charge >= 0.3 is 0 Å². The summed E-state index contributed by atoms with van der Waals surface area (Å²) in [5.74, 6) is -0.528. The molecule has 0 unspecified atom stereocenters. The molecule has 2 aromatic rings. The maximum atomic E-state index is 14.0. The predicted molar refractivity (Wildman–Crippen MR) is 110 cm³/mol. The first kappa shape index (κ1) is 20.6. The Hall–Kier alpha value is -2.15. The van der Waals surface area contributed by atoms with E-state index in [2.05, 4.69) is 10.2 Å². The summed E-state index contributed by atoms with van der Waals surface area (Å²) in [5.41, 5.74) is 2.23. The lowest BCUT2D eigenvalue weighted by Gasteiger charge is -2.29. The molecule has 28 heavy (non-hydrogen) atoms. The van der Waals surface area contributed by atoms with Gasteiger partial charge in [-0.3, -0.25) is 9.69 Å². The van der Waals surface area contributed by atoms with E-state index in [1.807, 2.05) is 24.3 Å². The number of nitrogens with one attached hydrogen (secondary N) is 1. The third-order valence-electron chi connectivity index (χ3n) is 5.02. The quantitative estimate of drug-likeness (QED) is 0.794. The Kier molecular flexibility index (Phi) is 6.88. The van der Waals surface area contributed by atoms with Gasteiger partial charge in [-0.05, 0) is 50.4 Å². The zero-order chi connectivity index (χ0) is 20.1. The molecule has 0 saturated carbocycles. The molecule has 1 aliphatic heterocycles. The van der Waals surface area contributed by atoms with Crippen LogP contribution in [0.4, 0.5) is 15.8 Å². The fourth-order valence-electron chi connectivity index (χ4n) is 3.09. The lowest BCUT2D eigenvalue weighted by molar-refractivity contribution is -0.120. The molecule has 0 aliphatic carbocycles. The van der Waals surface area contributed by atoms with E-state index in [0.29, 0.717) is 10.6 Å². The number of carbonyl (C=O) groups excluding carboxylic acids is 1. The lowest BCUT2D eigenvalue weighted by Crippen LogP contribution is -2.39. The number of anilines is 2. The fourth-order valence-corrected chi connectivity index (χ4v) is 3.32. The van der Waals surface area contributed by atoms with Crippen LogP contribution in [0.2, 0.25) is 5.02 Å². The van der Waals surface area contributed by atoms with Crippen molar-refractivity contribution in [2.24, 2.45) is 0 Å². The minimum atomic E-state index is -0.449. The van der Waals surface area contributed by atoms with Gasteiger partial charge in [0.1, 0.15) is 5.82 Å². The highest BCUT2D eigenvalue weighted by Crippen LogP contribution is 2.22. The van der Waals surface area contributed by atoms with Crippen molar-refractivity contribution in [1.29, 1.82) is 0 Å². The van der Waals surface area contributed by atoms with Crippen molar-refractivity contribution in [3.63, 3.8) is 0 Å². The number of morpholine rings is 1. The van der Waals surface area contributed by atoms with Gasteiger partial charge in [-0.2, -0.15) is 0 Å². The van der Waals surface area contributed by atoms with Gasteiger partial charge in [-0.15, -0.1) is 0 Å². The molecule has 1 atom stereocenters. The minimum Gasteiger partial charge on any atom is -0.378 e. The predicted octanol–water partition coefficient (Wildman–Crippen LogP) is 3.77. The highest BCUT2D eigenvalue weighted by atomic mass is 35.5. The second-order valence-corrected chi connectivity index (χ2v) is 7.33. The molecule has 150 valence electrons. The molecule has 1 amide bonds. The van der Waals surface area contributed by atoms with Crippen molar-refractivity contribution in [3.8, 4) is 0 Å². The average Bonchev–Trinajstić information content (AvgIpc) is 2.71. The van der Waals surface area contributed by atoms with E-state index in [4.69, 9.17) is 16.3 Å². The van der Waals surface area contributed by atoms with Gasteiger partial charge in [-0.25, -0.2) is 4.39 Å². The van der Waals surface area contributed by atoms with Crippen molar-refractivity contribution in [2.75, 3.05) is 43.6 Å². The number of benzene rings is 2. The standard InChI is InChI=1S/C21H25ClFN3O2/c1-15(25(2)14-18-19(22)4-3-5-20(18)23)21(27)24-16-6-8-17(9-7-16)26-10-12-28-13-11-26/h3-9,15H,10-14H2,1-2H3,(H,24,27)/t15-/m1/s1. The smallest absolute Gasteiger partial charge is 0.241 e. The first-order valence-electron chi connectivity index (χ1n) is 9.32. The number of hydrogen-bond acceptors (Lipinski definition) is 4. The molecule has 2 aromatic carbocycles. The Morgan fingerprint density at radius 3 is 2.57 bits per heavy atom. The van der Waals surface area contributed by atoms with E-state index in [0.717, 1.165) is 37.7 Å². The number of likely N-dealkylation sites (N-methyl/N-ethyl adjacent to an activating group) is 1. The van der Waals surface area contributed by atoms with Crippen LogP contribution in [0.3, 0.4) is 0 Å². The molecule has 1 N–H and O–H groups in total. The fraction of sp³-hybridized carbons (Fsp3) is 0.381. The maximum Gasteiger partial charge on any atom is 0.241 e. The van der Waals surface area contributed by atoms with Crippen LogP contribution < -0.4 is 10.2 Å². The van der Waals surface area contributed by atoms with Gasteiger partial charge in [0.05, 0.1) is 19.3 Å². The third-order valence-corrected chi connectivity index (χ3v) is 5.37. The lowest BCUT2D eigenvalue weighted by atomic mass is 10.1. The summed E-state index contributed by atoms with van der Waals surface area (Å²) >= 11 is 6.09. The van der Waals surface area contributed by atoms with Gasteiger partial charge < -0.3 is 15.0 Å². The van der Waals surface area contributed by atoms with Gasteiger partial charge in [0.15, 0.2) is 0 Å². The van der Waals surface area contributed by atoms with Crippen LogP contribution in [0, 0.1) is 5.82 Å². The molecule has 1 heterocycles. The second kappa shape index (κ2) is 9.37. The number of nitrogens with zero attached hydrogens (tertiary/aromatic N) is 2. The zero-order valence-electron chi connectivity index (χ0n) is 16.1. The Labute approximate surface area is 170 Å². The van der Waals surface area contributed by atoms with Crippen LogP contribution in [0.15, 0.2) is 42.5 Å². The Balaban J connectivity index is 1.58. The van der Waals surface area contributed by atoms with Gasteiger partial charge in [0.25, 0.3) is 0 Å². The number of hydrogen-bond donors (Lipinski definition) is 1. The van der Waals surface area contributed by atoms with Crippen LogP contribution in [0.1, 0.15) is 12.5 Å². The van der Waals surface area contributed by atoms with E-state index in [1.165, 1.54) is 6.07 Å². The molecule has 3 rings (SSSR count). The molecule has 1 saturated heterocycles. The summed E-state index contributed by atoms with van der Waals surface area (Å²) in [5, 5.41) is 3.28. The monoisotopic (exact) mass is 405 g/mol. The molecular formula is C21H25ClFN3O2. The first-order chi connectivity index (χ1) is 13.5. The molecule has 1 aliphatic rings. The molecular weight excluding hydrogens is 381 g/mol. The second-order valence-electron chi connectivity index (χ2n) is 6.93. The number of rotatable bonds is 6. The summed E-state index contributed by atoms with van der Waals surface area (Å²) in [6.07, 6.45) is 0. The summed E-state index contributed by atoms with van der Waals surface area (Å²) in [6, 6.07) is 11.9. The maximum absolute atomic E-state index is 14.0. The Morgan fingerprint density at radius 1 is 1.25 bits per heavy atom. The van der Waals surface area contributed by atoms with E-state index >= 15 is 0 Å². The van der Waals surface area contributed by atoms with Crippen molar-refractivity contribution < 1.29 is 13.9 Å². The minimum absolute atomic E-state index is 0.158. The highest BCUT2D eigenvalue weighted by Gasteiger charge is 2.20. The van der Waals surface area contributed by atoms with Gasteiger partial charge in [-0.1, -0.05) is 17.7 Å². The Bertz CT molecular complexity index is 790. The normalized spacial score (nSPS) is 15.5. The molecule has 7 heteroatoms. The number of amides is 1. The highest BCUT2D eigenvalue weighted by molar-refractivity contribution is 6.31. The molecule has 1 fully saturated rings.